The van der Waals surface area contributed by atoms with E-state index in [0.717, 1.165) is 22.2 Å². The number of aromatic amines is 1. The van der Waals surface area contributed by atoms with Gasteiger partial charge in [-0.3, -0.25) is 9.69 Å². The van der Waals surface area contributed by atoms with Crippen molar-refractivity contribution in [2.75, 3.05) is 34.4 Å². The van der Waals surface area contributed by atoms with E-state index in [0.29, 0.717) is 13.1 Å². The molecule has 2 rings (SSSR count). The number of carbonyl (C=O) groups excluding carboxylic acids is 1. The van der Waals surface area contributed by atoms with Crippen molar-refractivity contribution < 1.29 is 14.3 Å². The Morgan fingerprint density at radius 2 is 1.95 bits per heavy atom. The van der Waals surface area contributed by atoms with Crippen LogP contribution in [0.25, 0.3) is 10.9 Å². The number of hydrogen-bond donors (Lipinski definition) is 1. The molecule has 0 saturated heterocycles. The number of hydrogen-bond acceptors (Lipinski definition) is 4. The zero-order chi connectivity index (χ0) is 16.3. The molecule has 1 heterocycles. The van der Waals surface area contributed by atoms with Crippen LogP contribution in [0.15, 0.2) is 18.2 Å². The summed E-state index contributed by atoms with van der Waals surface area (Å²) in [5.74, 6) is 0.0982. The summed E-state index contributed by atoms with van der Waals surface area (Å²) < 4.78 is 10.3. The Morgan fingerprint density at radius 3 is 2.59 bits per heavy atom. The van der Waals surface area contributed by atoms with Crippen molar-refractivity contribution in [3.63, 3.8) is 0 Å². The van der Waals surface area contributed by atoms with Crippen molar-refractivity contribution >= 4 is 16.7 Å². The van der Waals surface area contributed by atoms with Gasteiger partial charge in [0.2, 0.25) is 0 Å². The second kappa shape index (κ2) is 7.05. The third kappa shape index (κ3) is 3.55. The van der Waals surface area contributed by atoms with Crippen molar-refractivity contribution in [1.29, 1.82) is 0 Å². The van der Waals surface area contributed by atoms with Gasteiger partial charge >= 0.3 is 0 Å². The minimum atomic E-state index is -0.329. The van der Waals surface area contributed by atoms with E-state index in [4.69, 9.17) is 9.47 Å². The molecule has 1 aromatic heterocycles. The maximum Gasteiger partial charge on any atom is 0.179 e. The van der Waals surface area contributed by atoms with E-state index in [1.165, 1.54) is 5.56 Å². The van der Waals surface area contributed by atoms with Crippen molar-refractivity contribution in [2.24, 2.45) is 0 Å². The molecule has 120 valence electrons. The summed E-state index contributed by atoms with van der Waals surface area (Å²) in [6.07, 6.45) is -0.329. The number of ether oxygens (including phenoxy) is 2. The third-order valence-corrected chi connectivity index (χ3v) is 3.82. The summed E-state index contributed by atoms with van der Waals surface area (Å²) in [5.41, 5.74) is 3.87. The summed E-state index contributed by atoms with van der Waals surface area (Å²) in [5, 5.41) is 0.983. The monoisotopic (exact) mass is 304 g/mol. The Kier molecular flexibility index (Phi) is 5.34. The first-order valence-electron chi connectivity index (χ1n) is 7.32. The smallest absolute Gasteiger partial charge is 0.179 e. The van der Waals surface area contributed by atoms with Crippen molar-refractivity contribution in [3.05, 3.63) is 35.0 Å². The average molecular weight is 304 g/mol. The zero-order valence-electron chi connectivity index (χ0n) is 13.9. The van der Waals surface area contributed by atoms with E-state index in [9.17, 15) is 4.79 Å². The predicted molar refractivity (Wildman–Crippen MR) is 87.4 cm³/mol. The Bertz CT molecular complexity index is 659. The van der Waals surface area contributed by atoms with Crippen LogP contribution in [0.1, 0.15) is 21.6 Å². The zero-order valence-corrected chi connectivity index (χ0v) is 13.9. The number of ketones is 1. The number of carbonyl (C=O) groups is 1. The van der Waals surface area contributed by atoms with Gasteiger partial charge in [-0.2, -0.15) is 0 Å². The van der Waals surface area contributed by atoms with Gasteiger partial charge in [-0.15, -0.1) is 0 Å². The molecule has 0 bridgehead atoms. The lowest BCUT2D eigenvalue weighted by Crippen LogP contribution is -2.35. The van der Waals surface area contributed by atoms with E-state index in [-0.39, 0.29) is 12.1 Å². The van der Waals surface area contributed by atoms with Crippen molar-refractivity contribution in [3.8, 4) is 0 Å². The number of rotatable bonds is 7. The number of methoxy groups -OCH3 is 2. The topological polar surface area (TPSA) is 54.6 Å². The van der Waals surface area contributed by atoms with Crippen molar-refractivity contribution in [1.82, 2.24) is 9.88 Å². The van der Waals surface area contributed by atoms with Gasteiger partial charge in [0.05, 0.1) is 6.54 Å². The molecule has 0 atom stereocenters. The molecule has 0 amide bonds. The number of nitrogens with zero attached hydrogens (tertiary/aromatic N) is 1. The fourth-order valence-electron chi connectivity index (χ4n) is 2.69. The van der Waals surface area contributed by atoms with Crippen molar-refractivity contribution in [2.45, 2.75) is 20.1 Å². The van der Waals surface area contributed by atoms with Gasteiger partial charge in [0.1, 0.15) is 0 Å². The number of nitrogens with one attached hydrogen (secondary N) is 1. The quantitative estimate of drug-likeness (QED) is 0.631. The SMILES string of the molecule is COC(CN(C)CC(=O)c1c(C)[nH]c2cc(C)ccc12)OC. The van der Waals surface area contributed by atoms with Crippen LogP contribution in [-0.2, 0) is 9.47 Å². The summed E-state index contributed by atoms with van der Waals surface area (Å²) >= 11 is 0. The molecule has 5 nitrogen and oxygen atoms in total. The minimum Gasteiger partial charge on any atom is -0.358 e. The second-order valence-electron chi connectivity index (χ2n) is 5.69. The van der Waals surface area contributed by atoms with Crippen LogP contribution in [0.5, 0.6) is 0 Å². The van der Waals surface area contributed by atoms with Crippen LogP contribution >= 0.6 is 0 Å². The van der Waals surface area contributed by atoms with E-state index in [2.05, 4.69) is 11.1 Å². The first kappa shape index (κ1) is 16.7. The molecular weight excluding hydrogens is 280 g/mol. The van der Waals surface area contributed by atoms with Gasteiger partial charge in [0, 0.05) is 42.9 Å². The number of Topliss-reactive ketones (excluding diaryl/α,β-unsaturated/α-hetero) is 1. The number of aromatic nitrogens is 1. The van der Waals surface area contributed by atoms with E-state index in [1.54, 1.807) is 14.2 Å². The lowest BCUT2D eigenvalue weighted by atomic mass is 10.1. The number of benzene rings is 1. The van der Waals surface area contributed by atoms with Gasteiger partial charge in [-0.05, 0) is 32.5 Å². The Balaban J connectivity index is 2.18. The Morgan fingerprint density at radius 1 is 1.27 bits per heavy atom. The van der Waals surface area contributed by atoms with Crippen LogP contribution in [-0.4, -0.2) is 56.3 Å². The normalized spacial score (nSPS) is 11.8. The van der Waals surface area contributed by atoms with Crippen LogP contribution in [0.2, 0.25) is 0 Å². The molecule has 0 fully saturated rings. The number of fused-ring (bicyclic) bond motifs is 1. The molecule has 0 unspecified atom stereocenters. The number of H-pyrrole nitrogens is 1. The van der Waals surface area contributed by atoms with Crippen LogP contribution in [0.4, 0.5) is 0 Å². The molecule has 0 saturated carbocycles. The first-order chi connectivity index (χ1) is 10.5. The summed E-state index contributed by atoms with van der Waals surface area (Å²) in [6, 6.07) is 6.10. The fraction of sp³-hybridized carbons (Fsp3) is 0.471. The highest BCUT2D eigenvalue weighted by atomic mass is 16.7. The van der Waals surface area contributed by atoms with Gasteiger partial charge in [0.25, 0.3) is 0 Å². The number of aryl methyl sites for hydroxylation is 2. The lowest BCUT2D eigenvalue weighted by molar-refractivity contribution is -0.112. The Hall–Kier alpha value is -1.69. The highest BCUT2D eigenvalue weighted by Crippen LogP contribution is 2.23. The second-order valence-corrected chi connectivity index (χ2v) is 5.69. The molecule has 2 aromatic rings. The molecule has 0 aliphatic heterocycles. The standard InChI is InChI=1S/C17H24N2O3/c1-11-6-7-13-14(8-11)18-12(2)17(13)15(20)9-19(3)10-16(21-4)22-5/h6-8,16,18H,9-10H2,1-5H3. The molecule has 1 N–H and O–H groups in total. The first-order valence-corrected chi connectivity index (χ1v) is 7.32. The predicted octanol–water partition coefficient (Wildman–Crippen LogP) is 2.52. The molecule has 0 aliphatic carbocycles. The molecule has 0 spiro atoms. The number of likely N-dealkylation sites (N-methyl/N-ethyl adjacent to an activating group) is 1. The van der Waals surface area contributed by atoms with Crippen LogP contribution in [0, 0.1) is 13.8 Å². The fourth-order valence-corrected chi connectivity index (χ4v) is 2.69. The largest absolute Gasteiger partial charge is 0.358 e. The summed E-state index contributed by atoms with van der Waals surface area (Å²) in [4.78, 5) is 17.9. The molecule has 1 aromatic carbocycles. The van der Waals surface area contributed by atoms with E-state index in [1.807, 2.05) is 37.9 Å². The molecule has 0 radical (unpaired) electrons. The molecular formula is C17H24N2O3. The Labute approximate surface area is 131 Å². The molecule has 22 heavy (non-hydrogen) atoms. The lowest BCUT2D eigenvalue weighted by Gasteiger charge is -2.21. The maximum atomic E-state index is 12.7. The van der Waals surface area contributed by atoms with Crippen LogP contribution < -0.4 is 0 Å². The van der Waals surface area contributed by atoms with Gasteiger partial charge in [-0.25, -0.2) is 0 Å². The third-order valence-electron chi connectivity index (χ3n) is 3.82. The van der Waals surface area contributed by atoms with E-state index >= 15 is 0 Å². The van der Waals surface area contributed by atoms with Gasteiger partial charge in [-0.1, -0.05) is 12.1 Å². The molecule has 5 heteroatoms. The maximum absolute atomic E-state index is 12.7. The summed E-state index contributed by atoms with van der Waals surface area (Å²) in [6.45, 7) is 4.85. The van der Waals surface area contributed by atoms with Gasteiger partial charge < -0.3 is 14.5 Å². The highest BCUT2D eigenvalue weighted by molar-refractivity contribution is 6.10. The van der Waals surface area contributed by atoms with Gasteiger partial charge in [0.15, 0.2) is 12.1 Å². The van der Waals surface area contributed by atoms with E-state index < -0.39 is 0 Å². The average Bonchev–Trinajstić information content (AvgIpc) is 2.79. The van der Waals surface area contributed by atoms with Crippen LogP contribution in [0.3, 0.4) is 0 Å². The minimum absolute atomic E-state index is 0.0982. The summed E-state index contributed by atoms with van der Waals surface area (Å²) in [7, 11) is 5.07. The highest BCUT2D eigenvalue weighted by Gasteiger charge is 2.19. The molecule has 0 aliphatic rings.